The van der Waals surface area contributed by atoms with Crippen LogP contribution in [0.3, 0.4) is 0 Å². The first-order valence-electron chi connectivity index (χ1n) is 6.63. The van der Waals surface area contributed by atoms with Gasteiger partial charge >= 0.3 is 5.97 Å². The van der Waals surface area contributed by atoms with Crippen molar-refractivity contribution in [1.29, 1.82) is 0 Å². The van der Waals surface area contributed by atoms with Crippen LogP contribution < -0.4 is 0 Å². The lowest BCUT2D eigenvalue weighted by atomic mass is 10.1. The number of benzene rings is 2. The SMILES string of the molecule is COC(=O)c1ccc(C)c(N=Cc2cc([N+](=O)[O-])ccc2O)c1. The molecule has 0 unspecified atom stereocenters. The highest BCUT2D eigenvalue weighted by atomic mass is 16.6. The third-order valence-corrected chi connectivity index (χ3v) is 3.19. The van der Waals surface area contributed by atoms with E-state index in [-0.39, 0.29) is 17.0 Å². The number of phenols is 1. The number of nitrogens with zero attached hydrogens (tertiary/aromatic N) is 2. The minimum Gasteiger partial charge on any atom is -0.507 e. The van der Waals surface area contributed by atoms with Gasteiger partial charge < -0.3 is 9.84 Å². The molecule has 23 heavy (non-hydrogen) atoms. The molecule has 0 spiro atoms. The molecule has 0 bridgehead atoms. The lowest BCUT2D eigenvalue weighted by Gasteiger charge is -2.04. The highest BCUT2D eigenvalue weighted by Crippen LogP contribution is 2.24. The highest BCUT2D eigenvalue weighted by Gasteiger charge is 2.10. The molecular formula is C16H14N2O5. The number of aryl methyl sites for hydroxylation is 1. The van der Waals surface area contributed by atoms with Gasteiger partial charge in [-0.05, 0) is 30.7 Å². The first-order chi connectivity index (χ1) is 10.9. The molecule has 2 aromatic rings. The predicted molar refractivity (Wildman–Crippen MR) is 84.5 cm³/mol. The zero-order valence-corrected chi connectivity index (χ0v) is 12.5. The maximum Gasteiger partial charge on any atom is 0.337 e. The quantitative estimate of drug-likeness (QED) is 0.404. The third-order valence-electron chi connectivity index (χ3n) is 3.19. The normalized spacial score (nSPS) is 10.7. The number of aliphatic imine (C=N–C) groups is 1. The van der Waals surface area contributed by atoms with E-state index in [1.807, 2.05) is 0 Å². The molecule has 0 aliphatic carbocycles. The van der Waals surface area contributed by atoms with Crippen LogP contribution in [0.2, 0.25) is 0 Å². The van der Waals surface area contributed by atoms with E-state index < -0.39 is 10.9 Å². The number of methoxy groups -OCH3 is 1. The van der Waals surface area contributed by atoms with Crippen molar-refractivity contribution < 1.29 is 19.6 Å². The number of nitro groups is 1. The van der Waals surface area contributed by atoms with Crippen LogP contribution in [0.15, 0.2) is 41.4 Å². The van der Waals surface area contributed by atoms with Gasteiger partial charge in [0.05, 0.1) is 23.3 Å². The second kappa shape index (κ2) is 6.69. The van der Waals surface area contributed by atoms with Crippen LogP contribution in [-0.4, -0.2) is 29.3 Å². The lowest BCUT2D eigenvalue weighted by molar-refractivity contribution is -0.384. The Hall–Kier alpha value is -3.22. The number of ether oxygens (including phenoxy) is 1. The predicted octanol–water partition coefficient (Wildman–Crippen LogP) is 3.15. The Kier molecular flexibility index (Phi) is 4.70. The molecule has 0 saturated carbocycles. The molecule has 0 aliphatic heterocycles. The number of hydrogen-bond acceptors (Lipinski definition) is 6. The Bertz CT molecular complexity index is 799. The summed E-state index contributed by atoms with van der Waals surface area (Å²) in [5, 5.41) is 20.5. The van der Waals surface area contributed by atoms with Gasteiger partial charge in [-0.3, -0.25) is 15.1 Å². The monoisotopic (exact) mass is 314 g/mol. The molecule has 0 aliphatic rings. The summed E-state index contributed by atoms with van der Waals surface area (Å²) in [5.74, 6) is -0.610. The smallest absolute Gasteiger partial charge is 0.337 e. The average Bonchev–Trinajstić information content (AvgIpc) is 2.54. The maximum atomic E-state index is 11.5. The van der Waals surface area contributed by atoms with Crippen molar-refractivity contribution in [3.05, 3.63) is 63.2 Å². The minimum absolute atomic E-state index is 0.124. The van der Waals surface area contributed by atoms with Gasteiger partial charge in [0, 0.05) is 23.9 Å². The summed E-state index contributed by atoms with van der Waals surface area (Å²) in [6, 6.07) is 8.54. The number of phenolic OH excluding ortho intramolecular Hbond substituents is 1. The van der Waals surface area contributed by atoms with E-state index in [1.54, 1.807) is 25.1 Å². The molecule has 0 heterocycles. The standard InChI is InChI=1S/C16H14N2O5/c1-10-3-4-11(16(20)23-2)8-14(10)17-9-12-7-13(18(21)22)5-6-15(12)19/h3-9,19H,1-2H3. The van der Waals surface area contributed by atoms with E-state index in [1.165, 1.54) is 31.5 Å². The number of hydrogen-bond donors (Lipinski definition) is 1. The van der Waals surface area contributed by atoms with Crippen molar-refractivity contribution in [2.24, 2.45) is 4.99 Å². The molecule has 2 rings (SSSR count). The Labute approximate surface area is 132 Å². The van der Waals surface area contributed by atoms with Gasteiger partial charge in [-0.2, -0.15) is 0 Å². The Morgan fingerprint density at radius 2 is 2.04 bits per heavy atom. The zero-order valence-electron chi connectivity index (χ0n) is 12.5. The van der Waals surface area contributed by atoms with Crippen molar-refractivity contribution in [3.63, 3.8) is 0 Å². The van der Waals surface area contributed by atoms with E-state index >= 15 is 0 Å². The van der Waals surface area contributed by atoms with Crippen LogP contribution in [0.5, 0.6) is 5.75 Å². The molecule has 0 fully saturated rings. The van der Waals surface area contributed by atoms with Crippen LogP contribution in [-0.2, 0) is 4.74 Å². The molecule has 0 atom stereocenters. The van der Waals surface area contributed by atoms with Crippen molar-refractivity contribution in [3.8, 4) is 5.75 Å². The number of aromatic hydroxyl groups is 1. The minimum atomic E-state index is -0.556. The van der Waals surface area contributed by atoms with Gasteiger partial charge in [-0.1, -0.05) is 6.07 Å². The van der Waals surface area contributed by atoms with Gasteiger partial charge in [-0.25, -0.2) is 4.79 Å². The summed E-state index contributed by atoms with van der Waals surface area (Å²) in [5.41, 5.74) is 1.71. The molecule has 7 nitrogen and oxygen atoms in total. The topological polar surface area (TPSA) is 102 Å². The Morgan fingerprint density at radius 1 is 1.30 bits per heavy atom. The average molecular weight is 314 g/mol. The maximum absolute atomic E-state index is 11.5. The number of nitro benzene ring substituents is 1. The molecule has 0 saturated heterocycles. The van der Waals surface area contributed by atoms with Gasteiger partial charge in [0.2, 0.25) is 0 Å². The lowest BCUT2D eigenvalue weighted by Crippen LogP contribution is -2.00. The number of carbonyl (C=O) groups is 1. The number of non-ortho nitro benzene ring substituents is 1. The third kappa shape index (κ3) is 3.70. The van der Waals surface area contributed by atoms with Crippen molar-refractivity contribution in [1.82, 2.24) is 0 Å². The van der Waals surface area contributed by atoms with E-state index in [4.69, 9.17) is 0 Å². The first-order valence-corrected chi connectivity index (χ1v) is 6.63. The summed E-state index contributed by atoms with van der Waals surface area (Å²) in [4.78, 5) is 26.0. The first kappa shape index (κ1) is 16.2. The van der Waals surface area contributed by atoms with Crippen LogP contribution in [0.1, 0.15) is 21.5 Å². The van der Waals surface area contributed by atoms with E-state index in [9.17, 15) is 20.0 Å². The largest absolute Gasteiger partial charge is 0.507 e. The van der Waals surface area contributed by atoms with E-state index in [2.05, 4.69) is 9.73 Å². The Balaban J connectivity index is 2.38. The fraction of sp³-hybridized carbons (Fsp3) is 0.125. The van der Waals surface area contributed by atoms with Crippen LogP contribution in [0, 0.1) is 17.0 Å². The van der Waals surface area contributed by atoms with Gasteiger partial charge in [0.15, 0.2) is 0 Å². The Morgan fingerprint density at radius 3 is 2.70 bits per heavy atom. The zero-order chi connectivity index (χ0) is 17.0. The summed E-state index contributed by atoms with van der Waals surface area (Å²) < 4.78 is 4.65. The highest BCUT2D eigenvalue weighted by molar-refractivity contribution is 5.91. The summed E-state index contributed by atoms with van der Waals surface area (Å²) in [6.07, 6.45) is 1.31. The van der Waals surface area contributed by atoms with Crippen molar-refractivity contribution in [2.45, 2.75) is 6.92 Å². The van der Waals surface area contributed by atoms with E-state index in [0.717, 1.165) is 5.56 Å². The van der Waals surface area contributed by atoms with Gasteiger partial charge in [-0.15, -0.1) is 0 Å². The van der Waals surface area contributed by atoms with Gasteiger partial charge in [0.25, 0.3) is 5.69 Å². The molecule has 0 radical (unpaired) electrons. The van der Waals surface area contributed by atoms with Crippen LogP contribution >= 0.6 is 0 Å². The summed E-state index contributed by atoms with van der Waals surface area (Å²) in [7, 11) is 1.28. The number of carbonyl (C=O) groups excluding carboxylic acids is 1. The second-order valence-electron chi connectivity index (χ2n) is 4.75. The van der Waals surface area contributed by atoms with Crippen LogP contribution in [0.4, 0.5) is 11.4 Å². The fourth-order valence-corrected chi connectivity index (χ4v) is 1.89. The number of esters is 1. The fourth-order valence-electron chi connectivity index (χ4n) is 1.89. The molecule has 118 valence electrons. The molecule has 0 amide bonds. The molecule has 0 aromatic heterocycles. The molecule has 1 N–H and O–H groups in total. The summed E-state index contributed by atoms with van der Waals surface area (Å²) in [6.45, 7) is 1.81. The van der Waals surface area contributed by atoms with Crippen molar-refractivity contribution >= 4 is 23.6 Å². The van der Waals surface area contributed by atoms with Crippen molar-refractivity contribution in [2.75, 3.05) is 7.11 Å². The molecule has 2 aromatic carbocycles. The molecule has 7 heteroatoms. The van der Waals surface area contributed by atoms with Gasteiger partial charge in [0.1, 0.15) is 5.75 Å². The van der Waals surface area contributed by atoms with Crippen LogP contribution in [0.25, 0.3) is 0 Å². The molecular weight excluding hydrogens is 300 g/mol. The number of rotatable bonds is 4. The second-order valence-corrected chi connectivity index (χ2v) is 4.75. The van der Waals surface area contributed by atoms with E-state index in [0.29, 0.717) is 11.3 Å². The summed E-state index contributed by atoms with van der Waals surface area (Å²) >= 11 is 0.